The predicted octanol–water partition coefficient (Wildman–Crippen LogP) is 7.34. The van der Waals surface area contributed by atoms with Crippen molar-refractivity contribution >= 4 is 26.6 Å². The van der Waals surface area contributed by atoms with Crippen molar-refractivity contribution in [3.05, 3.63) is 72.1 Å². The number of ether oxygens (including phenoxy) is 1. The lowest BCUT2D eigenvalue weighted by molar-refractivity contribution is 0.239. The Morgan fingerprint density at radius 3 is 2.59 bits per heavy atom. The molecule has 0 amide bonds. The molecule has 9 heteroatoms. The van der Waals surface area contributed by atoms with Gasteiger partial charge in [0.1, 0.15) is 11.9 Å². The van der Waals surface area contributed by atoms with Gasteiger partial charge in [0.05, 0.1) is 21.8 Å². The first kappa shape index (κ1) is 27.6. The van der Waals surface area contributed by atoms with Crippen molar-refractivity contribution in [1.29, 1.82) is 0 Å². The fourth-order valence-electron chi connectivity index (χ4n) is 5.98. The lowest BCUT2D eigenvalue weighted by Gasteiger charge is -2.37. The first-order chi connectivity index (χ1) is 19.7. The van der Waals surface area contributed by atoms with Crippen LogP contribution in [0.5, 0.6) is 11.6 Å². The first-order valence-electron chi connectivity index (χ1n) is 14.3. The summed E-state index contributed by atoms with van der Waals surface area (Å²) < 4.78 is 46.4. The van der Waals surface area contributed by atoms with Crippen molar-refractivity contribution in [1.82, 2.24) is 15.0 Å². The molecule has 0 aliphatic heterocycles. The SMILES string of the molecule is Cc1cc(CS(=O)(=O)C2(C)CCC2)c2ccccc2c1Oc1ncccc1-c1ccnc(N[C@@H]2CCC[C@@H](F)C2)n1. The fourth-order valence-corrected chi connectivity index (χ4v) is 7.89. The molecule has 6 rings (SSSR count). The van der Waals surface area contributed by atoms with E-state index in [2.05, 4.69) is 15.3 Å². The van der Waals surface area contributed by atoms with Gasteiger partial charge in [-0.25, -0.2) is 27.8 Å². The number of rotatable bonds is 8. The Kier molecular flexibility index (Phi) is 7.40. The largest absolute Gasteiger partial charge is 0.437 e. The lowest BCUT2D eigenvalue weighted by Crippen LogP contribution is -2.42. The highest BCUT2D eigenvalue weighted by atomic mass is 32.2. The number of benzene rings is 2. The third kappa shape index (κ3) is 5.52. The Hall–Kier alpha value is -3.59. The molecule has 2 saturated carbocycles. The van der Waals surface area contributed by atoms with E-state index in [1.807, 2.05) is 56.3 Å². The van der Waals surface area contributed by atoms with Crippen molar-refractivity contribution in [2.75, 3.05) is 5.32 Å². The average molecular weight is 575 g/mol. The summed E-state index contributed by atoms with van der Waals surface area (Å²) in [5.74, 6) is 1.46. The van der Waals surface area contributed by atoms with Crippen molar-refractivity contribution < 1.29 is 17.5 Å². The van der Waals surface area contributed by atoms with Crippen molar-refractivity contribution in [3.63, 3.8) is 0 Å². The molecule has 41 heavy (non-hydrogen) atoms. The second-order valence-electron chi connectivity index (χ2n) is 11.6. The Morgan fingerprint density at radius 2 is 1.83 bits per heavy atom. The minimum absolute atomic E-state index is 0.000823. The summed E-state index contributed by atoms with van der Waals surface area (Å²) in [6.07, 6.45) is 7.73. The highest BCUT2D eigenvalue weighted by Crippen LogP contribution is 2.43. The maximum absolute atomic E-state index is 13.9. The predicted molar refractivity (Wildman–Crippen MR) is 160 cm³/mol. The van der Waals surface area contributed by atoms with Crippen LogP contribution >= 0.6 is 0 Å². The zero-order valence-electron chi connectivity index (χ0n) is 23.4. The topological polar surface area (TPSA) is 94.1 Å². The van der Waals surface area contributed by atoms with E-state index in [1.54, 1.807) is 18.5 Å². The van der Waals surface area contributed by atoms with Crippen LogP contribution in [-0.4, -0.2) is 40.3 Å². The summed E-state index contributed by atoms with van der Waals surface area (Å²) in [7, 11) is -3.31. The molecule has 0 saturated heterocycles. The number of pyridine rings is 1. The molecule has 2 heterocycles. The average Bonchev–Trinajstić information content (AvgIpc) is 2.94. The molecule has 2 aromatic carbocycles. The summed E-state index contributed by atoms with van der Waals surface area (Å²) >= 11 is 0. The molecule has 2 aliphatic carbocycles. The number of nitrogens with zero attached hydrogens (tertiary/aromatic N) is 3. The van der Waals surface area contributed by atoms with Crippen LogP contribution in [0.4, 0.5) is 10.3 Å². The van der Waals surface area contributed by atoms with E-state index in [0.717, 1.165) is 41.2 Å². The molecule has 1 N–H and O–H groups in total. The van der Waals surface area contributed by atoms with E-state index in [1.165, 1.54) is 0 Å². The number of aryl methyl sites for hydroxylation is 1. The molecule has 0 unspecified atom stereocenters. The maximum Gasteiger partial charge on any atom is 0.228 e. The van der Waals surface area contributed by atoms with Crippen LogP contribution in [0.25, 0.3) is 22.0 Å². The Labute approximate surface area is 240 Å². The molecule has 2 fully saturated rings. The summed E-state index contributed by atoms with van der Waals surface area (Å²) in [6, 6.07) is 15.2. The van der Waals surface area contributed by atoms with Crippen LogP contribution in [0.2, 0.25) is 0 Å². The third-order valence-electron chi connectivity index (χ3n) is 8.62. The number of anilines is 1. The van der Waals surface area contributed by atoms with E-state index in [-0.39, 0.29) is 11.8 Å². The van der Waals surface area contributed by atoms with Gasteiger partial charge in [-0.05, 0) is 87.1 Å². The van der Waals surface area contributed by atoms with E-state index < -0.39 is 20.8 Å². The van der Waals surface area contributed by atoms with Gasteiger partial charge < -0.3 is 10.1 Å². The number of alkyl halides is 1. The molecule has 214 valence electrons. The Bertz CT molecular complexity index is 1690. The molecule has 7 nitrogen and oxygen atoms in total. The third-order valence-corrected chi connectivity index (χ3v) is 11.2. The molecule has 4 aromatic rings. The smallest absolute Gasteiger partial charge is 0.228 e. The van der Waals surface area contributed by atoms with Crippen LogP contribution in [0.1, 0.15) is 63.0 Å². The van der Waals surface area contributed by atoms with E-state index in [4.69, 9.17) is 9.72 Å². The van der Waals surface area contributed by atoms with Gasteiger partial charge in [0, 0.05) is 23.8 Å². The van der Waals surface area contributed by atoms with Crippen molar-refractivity contribution in [3.8, 4) is 22.9 Å². The van der Waals surface area contributed by atoms with E-state index in [9.17, 15) is 12.8 Å². The molecular weight excluding hydrogens is 539 g/mol. The van der Waals surface area contributed by atoms with Gasteiger partial charge in [-0.3, -0.25) is 0 Å². The molecular formula is C32H35FN4O3S. The number of sulfone groups is 1. The standard InChI is InChI=1S/C32H35FN4O3S/c1-21-18-22(20-41(38,39)32(2)14-7-15-32)25-10-3-4-11-26(25)29(21)40-30-27(12-6-16-34-30)28-13-17-35-31(37-28)36-24-9-5-8-23(33)19-24/h3-4,6,10-13,16-18,23-24H,5,7-9,14-15,19-20H2,1-2H3,(H,35,36,37)/t23-,24-/m1/s1. The van der Waals surface area contributed by atoms with Crippen molar-refractivity contribution in [2.45, 2.75) is 81.5 Å². The fraction of sp³-hybridized carbons (Fsp3) is 0.406. The second kappa shape index (κ2) is 11.0. The number of fused-ring (bicyclic) bond motifs is 1. The minimum atomic E-state index is -3.31. The quantitative estimate of drug-likeness (QED) is 0.235. The summed E-state index contributed by atoms with van der Waals surface area (Å²) in [4.78, 5) is 13.6. The maximum atomic E-state index is 13.9. The molecule has 0 bridgehead atoms. The van der Waals surface area contributed by atoms with Crippen LogP contribution in [0, 0.1) is 6.92 Å². The minimum Gasteiger partial charge on any atom is -0.437 e. The molecule has 0 spiro atoms. The van der Waals surface area contributed by atoms with E-state index >= 15 is 0 Å². The van der Waals surface area contributed by atoms with Gasteiger partial charge in [0.15, 0.2) is 9.84 Å². The monoisotopic (exact) mass is 574 g/mol. The number of aromatic nitrogens is 3. The van der Waals surface area contributed by atoms with Gasteiger partial charge in [-0.1, -0.05) is 36.8 Å². The number of hydrogen-bond acceptors (Lipinski definition) is 7. The lowest BCUT2D eigenvalue weighted by atomic mass is 9.86. The summed E-state index contributed by atoms with van der Waals surface area (Å²) in [5.41, 5.74) is 2.94. The Balaban J connectivity index is 1.32. The zero-order chi connectivity index (χ0) is 28.6. The van der Waals surface area contributed by atoms with Gasteiger partial charge in [0.25, 0.3) is 0 Å². The van der Waals surface area contributed by atoms with Gasteiger partial charge >= 0.3 is 0 Å². The molecule has 0 radical (unpaired) electrons. The molecule has 2 atom stereocenters. The molecule has 2 aromatic heterocycles. The Morgan fingerprint density at radius 1 is 1.02 bits per heavy atom. The number of nitrogens with one attached hydrogen (secondary N) is 1. The van der Waals surface area contributed by atoms with Crippen LogP contribution in [0.3, 0.4) is 0 Å². The summed E-state index contributed by atoms with van der Waals surface area (Å²) in [5, 5.41) is 4.98. The van der Waals surface area contributed by atoms with Crippen molar-refractivity contribution in [2.24, 2.45) is 0 Å². The van der Waals surface area contributed by atoms with Crippen LogP contribution < -0.4 is 10.1 Å². The summed E-state index contributed by atoms with van der Waals surface area (Å²) in [6.45, 7) is 3.79. The zero-order valence-corrected chi connectivity index (χ0v) is 24.3. The molecule has 2 aliphatic rings. The normalized spacial score (nSPS) is 20.4. The van der Waals surface area contributed by atoms with Gasteiger partial charge in [-0.2, -0.15) is 0 Å². The second-order valence-corrected chi connectivity index (χ2v) is 14.1. The highest BCUT2D eigenvalue weighted by Gasteiger charge is 2.44. The van der Waals surface area contributed by atoms with Crippen LogP contribution in [-0.2, 0) is 15.6 Å². The first-order valence-corrected chi connectivity index (χ1v) is 16.0. The number of hydrogen-bond donors (Lipinski definition) is 1. The highest BCUT2D eigenvalue weighted by molar-refractivity contribution is 7.92. The van der Waals surface area contributed by atoms with Crippen LogP contribution in [0.15, 0.2) is 60.9 Å². The van der Waals surface area contributed by atoms with Gasteiger partial charge in [0.2, 0.25) is 11.8 Å². The van der Waals surface area contributed by atoms with Gasteiger partial charge in [-0.15, -0.1) is 0 Å². The number of halogens is 1. The van der Waals surface area contributed by atoms with E-state index in [0.29, 0.717) is 54.5 Å².